The first-order valence-corrected chi connectivity index (χ1v) is 11.4. The van der Waals surface area contributed by atoms with Crippen molar-refractivity contribution >= 4 is 18.0 Å². The van der Waals surface area contributed by atoms with Crippen LogP contribution in [-0.4, -0.2) is 59.4 Å². The molecule has 1 saturated heterocycles. The lowest BCUT2D eigenvalue weighted by molar-refractivity contribution is -0.158. The summed E-state index contributed by atoms with van der Waals surface area (Å²) >= 11 is 0. The molecule has 1 aliphatic heterocycles. The van der Waals surface area contributed by atoms with Gasteiger partial charge >= 0.3 is 18.2 Å². The monoisotopic (exact) mass is 490 g/mol. The molecule has 186 valence electrons. The molecule has 0 aromatic heterocycles. The maximum Gasteiger partial charge on any atom is 0.408 e. The Kier molecular flexibility index (Phi) is 7.00. The molecule has 0 saturated carbocycles. The van der Waals surface area contributed by atoms with E-state index in [-0.39, 0.29) is 25.5 Å². The van der Waals surface area contributed by atoms with Gasteiger partial charge in [0.05, 0.1) is 0 Å². The number of nitrogens with zero attached hydrogens (tertiary/aromatic N) is 1. The number of alkyl carbamates (subject to hydrolysis) is 1. The molecule has 2 amide bonds. The second-order valence-electron chi connectivity index (χ2n) is 8.69. The zero-order chi connectivity index (χ0) is 25.2. The van der Waals surface area contributed by atoms with E-state index in [1.807, 2.05) is 53.8 Å². The molecule has 1 unspecified atom stereocenters. The molecule has 4 rings (SSSR count). The molecule has 2 aliphatic rings. The highest BCUT2D eigenvalue weighted by atomic mass is 19.4. The molecular weight excluding hydrogens is 465 g/mol. The largest absolute Gasteiger partial charge is 0.480 e. The number of likely N-dealkylation sites (tertiary alicyclic amines) is 1. The van der Waals surface area contributed by atoms with Crippen LogP contribution in [-0.2, 0) is 14.3 Å². The van der Waals surface area contributed by atoms with Crippen molar-refractivity contribution in [3.63, 3.8) is 0 Å². The number of hydrogen-bond acceptors (Lipinski definition) is 4. The first kappa shape index (κ1) is 24.6. The van der Waals surface area contributed by atoms with Gasteiger partial charge in [0.25, 0.3) is 0 Å². The number of carboxylic acids is 1. The van der Waals surface area contributed by atoms with Crippen LogP contribution >= 0.6 is 0 Å². The maximum absolute atomic E-state index is 13.6. The lowest BCUT2D eigenvalue weighted by atomic mass is 9.98. The Hall–Kier alpha value is -3.56. The summed E-state index contributed by atoms with van der Waals surface area (Å²) in [5.74, 6) is -2.17. The summed E-state index contributed by atoms with van der Waals surface area (Å²) < 4.78 is 45.9. The standard InChI is InChI=1S/C25H25F3N2O5/c26-25(27,28)21(11-12-22(31)30-13-5-10-20(30)23(32)33)29-24(34)35-14-19-17-8-3-1-6-15(17)16-7-2-4-9-18(16)19/h1-4,6-9,19-21H,5,10-14H2,(H,29,34)(H,32,33)/t20?,21-/m0/s1. The number of fused-ring (bicyclic) bond motifs is 3. The first-order chi connectivity index (χ1) is 16.7. The molecule has 0 radical (unpaired) electrons. The second-order valence-corrected chi connectivity index (χ2v) is 8.69. The van der Waals surface area contributed by atoms with Gasteiger partial charge in [0.15, 0.2) is 0 Å². The number of nitrogens with one attached hydrogen (secondary N) is 1. The number of benzene rings is 2. The number of carboxylic acid groups (broad SMARTS) is 1. The van der Waals surface area contributed by atoms with Crippen LogP contribution in [0.5, 0.6) is 0 Å². The second kappa shape index (κ2) is 9.97. The number of carbonyl (C=O) groups is 3. The Morgan fingerprint density at radius 1 is 1.06 bits per heavy atom. The molecule has 2 aromatic carbocycles. The zero-order valence-corrected chi connectivity index (χ0v) is 18.8. The Morgan fingerprint density at radius 2 is 1.66 bits per heavy atom. The van der Waals surface area contributed by atoms with E-state index in [1.165, 1.54) is 0 Å². The van der Waals surface area contributed by atoms with Gasteiger partial charge in [-0.25, -0.2) is 9.59 Å². The number of amides is 2. The van der Waals surface area contributed by atoms with E-state index in [0.717, 1.165) is 27.2 Å². The fraction of sp³-hybridized carbons (Fsp3) is 0.400. The minimum Gasteiger partial charge on any atom is -0.480 e. The van der Waals surface area contributed by atoms with Crippen LogP contribution in [0, 0.1) is 0 Å². The van der Waals surface area contributed by atoms with E-state index < -0.39 is 49.1 Å². The number of hydrogen-bond donors (Lipinski definition) is 2. The smallest absolute Gasteiger partial charge is 0.408 e. The fourth-order valence-corrected chi connectivity index (χ4v) is 4.83. The normalized spacial score (nSPS) is 18.0. The maximum atomic E-state index is 13.6. The van der Waals surface area contributed by atoms with Crippen molar-refractivity contribution in [2.24, 2.45) is 0 Å². The number of rotatable bonds is 7. The molecule has 1 heterocycles. The third kappa shape index (κ3) is 5.26. The van der Waals surface area contributed by atoms with Gasteiger partial charge in [-0.3, -0.25) is 4.79 Å². The van der Waals surface area contributed by atoms with Crippen molar-refractivity contribution in [3.8, 4) is 11.1 Å². The van der Waals surface area contributed by atoms with Crippen molar-refractivity contribution in [3.05, 3.63) is 59.7 Å². The van der Waals surface area contributed by atoms with Gasteiger partial charge in [-0.1, -0.05) is 48.5 Å². The van der Waals surface area contributed by atoms with Crippen LogP contribution in [0.1, 0.15) is 42.7 Å². The van der Waals surface area contributed by atoms with Crippen molar-refractivity contribution in [1.82, 2.24) is 10.2 Å². The highest BCUT2D eigenvalue weighted by Crippen LogP contribution is 2.44. The number of ether oxygens (including phenoxy) is 1. The molecule has 1 fully saturated rings. The molecule has 2 N–H and O–H groups in total. The first-order valence-electron chi connectivity index (χ1n) is 11.4. The van der Waals surface area contributed by atoms with Crippen LogP contribution in [0.25, 0.3) is 11.1 Å². The van der Waals surface area contributed by atoms with Crippen LogP contribution in [0.15, 0.2) is 48.5 Å². The number of carbonyl (C=O) groups excluding carboxylic acids is 2. The van der Waals surface area contributed by atoms with Gasteiger partial charge in [-0.15, -0.1) is 0 Å². The lowest BCUT2D eigenvalue weighted by Gasteiger charge is -2.25. The van der Waals surface area contributed by atoms with Crippen molar-refractivity contribution in [1.29, 1.82) is 0 Å². The van der Waals surface area contributed by atoms with Gasteiger partial charge in [-0.05, 0) is 41.5 Å². The molecule has 1 aliphatic carbocycles. The van der Waals surface area contributed by atoms with Gasteiger partial charge in [0, 0.05) is 18.9 Å². The summed E-state index contributed by atoms with van der Waals surface area (Å²) in [6.45, 7) is 0.0454. The molecule has 0 spiro atoms. The SMILES string of the molecule is O=C(N[C@@H](CCC(=O)N1CCCC1C(=O)O)C(F)(F)F)OCC1c2ccccc2-c2ccccc21. The predicted octanol–water partition coefficient (Wildman–Crippen LogP) is 4.31. The van der Waals surface area contributed by atoms with Gasteiger partial charge < -0.3 is 20.1 Å². The van der Waals surface area contributed by atoms with E-state index in [0.29, 0.717) is 6.42 Å². The third-order valence-electron chi connectivity index (χ3n) is 6.54. The summed E-state index contributed by atoms with van der Waals surface area (Å²) in [7, 11) is 0. The summed E-state index contributed by atoms with van der Waals surface area (Å²) in [6.07, 6.45) is -6.55. The number of aliphatic carboxylic acids is 1. The molecule has 35 heavy (non-hydrogen) atoms. The van der Waals surface area contributed by atoms with Gasteiger partial charge in [0.2, 0.25) is 5.91 Å². The third-order valence-corrected chi connectivity index (χ3v) is 6.54. The fourth-order valence-electron chi connectivity index (χ4n) is 4.83. The average Bonchev–Trinajstić information content (AvgIpc) is 3.43. The Labute approximate surface area is 199 Å². The van der Waals surface area contributed by atoms with Gasteiger partial charge in [0.1, 0.15) is 18.7 Å². The molecular formula is C25H25F3N2O5. The Balaban J connectivity index is 1.37. The Bertz CT molecular complexity index is 1070. The van der Waals surface area contributed by atoms with Crippen LogP contribution in [0.3, 0.4) is 0 Å². The highest BCUT2D eigenvalue weighted by Gasteiger charge is 2.42. The average molecular weight is 490 g/mol. The van der Waals surface area contributed by atoms with E-state index in [1.54, 1.807) is 0 Å². The van der Waals surface area contributed by atoms with E-state index >= 15 is 0 Å². The van der Waals surface area contributed by atoms with Crippen molar-refractivity contribution < 1.29 is 37.4 Å². The van der Waals surface area contributed by atoms with Gasteiger partial charge in [-0.2, -0.15) is 13.2 Å². The molecule has 2 atom stereocenters. The molecule has 0 bridgehead atoms. The molecule has 7 nitrogen and oxygen atoms in total. The summed E-state index contributed by atoms with van der Waals surface area (Å²) in [5.41, 5.74) is 3.84. The summed E-state index contributed by atoms with van der Waals surface area (Å²) in [5, 5.41) is 11.0. The molecule has 2 aromatic rings. The quantitative estimate of drug-likeness (QED) is 0.603. The minimum atomic E-state index is -4.80. The zero-order valence-electron chi connectivity index (χ0n) is 18.8. The van der Waals surface area contributed by atoms with E-state index in [9.17, 15) is 32.7 Å². The highest BCUT2D eigenvalue weighted by molar-refractivity contribution is 5.84. The van der Waals surface area contributed by atoms with Crippen LogP contribution in [0.2, 0.25) is 0 Å². The Morgan fingerprint density at radius 3 is 2.23 bits per heavy atom. The van der Waals surface area contributed by atoms with Crippen molar-refractivity contribution in [2.75, 3.05) is 13.2 Å². The number of halogens is 3. The van der Waals surface area contributed by atoms with Crippen LogP contribution < -0.4 is 5.32 Å². The minimum absolute atomic E-state index is 0.141. The van der Waals surface area contributed by atoms with Crippen molar-refractivity contribution in [2.45, 2.75) is 49.9 Å². The number of alkyl halides is 3. The molecule has 10 heteroatoms. The van der Waals surface area contributed by atoms with E-state index in [4.69, 9.17) is 4.74 Å². The topological polar surface area (TPSA) is 95.9 Å². The van der Waals surface area contributed by atoms with Crippen LogP contribution in [0.4, 0.5) is 18.0 Å². The lowest BCUT2D eigenvalue weighted by Crippen LogP contribution is -2.47. The summed E-state index contributed by atoms with van der Waals surface area (Å²) in [4.78, 5) is 37.0. The predicted molar refractivity (Wildman–Crippen MR) is 120 cm³/mol. The summed E-state index contributed by atoms with van der Waals surface area (Å²) in [6, 6.07) is 11.8. The van der Waals surface area contributed by atoms with E-state index in [2.05, 4.69) is 0 Å².